The summed E-state index contributed by atoms with van der Waals surface area (Å²) in [7, 11) is 0. The number of rotatable bonds is 17. The van der Waals surface area contributed by atoms with Gasteiger partial charge in [-0.2, -0.15) is 0 Å². The Kier molecular flexibility index (Phi) is 13.3. The lowest BCUT2D eigenvalue weighted by molar-refractivity contribution is -0.927. The van der Waals surface area contributed by atoms with Gasteiger partial charge in [0, 0.05) is 6.42 Å². The zero-order chi connectivity index (χ0) is 19.8. The molecule has 0 saturated carbocycles. The van der Waals surface area contributed by atoms with Crippen molar-refractivity contribution in [3.63, 3.8) is 0 Å². The summed E-state index contributed by atoms with van der Waals surface area (Å²) in [6, 6.07) is 0. The van der Waals surface area contributed by atoms with Crippen LogP contribution in [0.5, 0.6) is 0 Å². The highest BCUT2D eigenvalue weighted by molar-refractivity contribution is 5.67. The van der Waals surface area contributed by atoms with Gasteiger partial charge in [-0.3, -0.25) is 14.4 Å². The molecule has 0 bridgehead atoms. The van der Waals surface area contributed by atoms with Crippen LogP contribution in [0, 0.1) is 0 Å². The summed E-state index contributed by atoms with van der Waals surface area (Å²) in [5, 5.41) is 27.0. The smallest absolute Gasteiger partial charge is 0.309 e. The number of hydrogen-bond acceptors (Lipinski definition) is 3. The predicted molar refractivity (Wildman–Crippen MR) is 99.0 cm³/mol. The predicted octanol–water partition coefficient (Wildman–Crippen LogP) is 3.14. The zero-order valence-corrected chi connectivity index (χ0v) is 15.9. The molecule has 0 atom stereocenters. The zero-order valence-electron chi connectivity index (χ0n) is 15.9. The van der Waals surface area contributed by atoms with Crippen molar-refractivity contribution >= 4 is 17.9 Å². The molecular weight excluding hydrogens is 338 g/mol. The maximum Gasteiger partial charge on any atom is 0.309 e. The van der Waals surface area contributed by atoms with Gasteiger partial charge < -0.3 is 19.8 Å². The first-order valence-electron chi connectivity index (χ1n) is 9.47. The minimum Gasteiger partial charge on any atom is -0.481 e. The Hall–Kier alpha value is -1.89. The lowest BCUT2D eigenvalue weighted by atomic mass is 10.1. The molecule has 7 nitrogen and oxygen atoms in total. The summed E-state index contributed by atoms with van der Waals surface area (Å²) >= 11 is 0. The molecule has 0 fully saturated rings. The van der Waals surface area contributed by atoms with Crippen LogP contribution in [-0.2, 0) is 14.4 Å². The number of carboxylic acid groups (broad SMARTS) is 3. The van der Waals surface area contributed by atoms with Crippen molar-refractivity contribution in [2.24, 2.45) is 0 Å². The standard InChI is InChI=1S/C19H33NO6/c1-2-3-4-5-6-7-8-9-13-20(14-10-17(21)22,15-11-18(23)24)16-12-19(25)26/h6-7H,2-5,8-16H2,1H3,(H2-,21,22,23,24,25,26)/p+1/b7-6+. The number of carboxylic acids is 3. The third kappa shape index (κ3) is 13.4. The van der Waals surface area contributed by atoms with Crippen LogP contribution < -0.4 is 0 Å². The minimum absolute atomic E-state index is 0.0912. The Balaban J connectivity index is 4.74. The molecule has 0 aromatic heterocycles. The summed E-state index contributed by atoms with van der Waals surface area (Å²) in [6.45, 7) is 3.53. The molecule has 0 spiro atoms. The van der Waals surface area contributed by atoms with Crippen molar-refractivity contribution in [3.05, 3.63) is 12.2 Å². The molecule has 7 heteroatoms. The third-order valence-corrected chi connectivity index (χ3v) is 4.54. The van der Waals surface area contributed by atoms with Crippen molar-refractivity contribution < 1.29 is 34.2 Å². The van der Waals surface area contributed by atoms with E-state index in [2.05, 4.69) is 19.1 Å². The van der Waals surface area contributed by atoms with Crippen molar-refractivity contribution in [2.75, 3.05) is 26.2 Å². The molecule has 0 aromatic carbocycles. The van der Waals surface area contributed by atoms with Gasteiger partial charge in [-0.05, 0) is 19.3 Å². The average Bonchev–Trinajstić information content (AvgIpc) is 2.57. The Labute approximate surface area is 155 Å². The molecule has 0 aromatic rings. The van der Waals surface area contributed by atoms with E-state index < -0.39 is 17.9 Å². The quantitative estimate of drug-likeness (QED) is 0.205. The van der Waals surface area contributed by atoms with Gasteiger partial charge >= 0.3 is 17.9 Å². The molecule has 0 aliphatic rings. The summed E-state index contributed by atoms with van der Waals surface area (Å²) < 4.78 is 0.231. The topological polar surface area (TPSA) is 112 Å². The molecule has 0 aliphatic carbocycles. The minimum atomic E-state index is -0.950. The second-order valence-corrected chi connectivity index (χ2v) is 6.78. The van der Waals surface area contributed by atoms with E-state index >= 15 is 0 Å². The molecular formula is C19H34NO6+. The number of carbonyl (C=O) groups is 3. The van der Waals surface area contributed by atoms with E-state index in [9.17, 15) is 14.4 Å². The molecule has 150 valence electrons. The first-order valence-corrected chi connectivity index (χ1v) is 9.47. The van der Waals surface area contributed by atoms with Crippen LogP contribution in [0.4, 0.5) is 0 Å². The molecule has 0 unspecified atom stereocenters. The van der Waals surface area contributed by atoms with E-state index in [0.717, 1.165) is 19.3 Å². The Morgan fingerprint density at radius 2 is 1.12 bits per heavy atom. The lowest BCUT2D eigenvalue weighted by Gasteiger charge is -2.38. The molecule has 0 saturated heterocycles. The van der Waals surface area contributed by atoms with E-state index in [1.807, 2.05) is 0 Å². The van der Waals surface area contributed by atoms with Gasteiger partial charge in [-0.25, -0.2) is 0 Å². The van der Waals surface area contributed by atoms with Gasteiger partial charge in [-0.1, -0.05) is 31.9 Å². The van der Waals surface area contributed by atoms with E-state index in [0.29, 0.717) is 6.54 Å². The molecule has 0 radical (unpaired) electrons. The van der Waals surface area contributed by atoms with Gasteiger partial charge in [0.05, 0.1) is 45.4 Å². The molecule has 0 aliphatic heterocycles. The van der Waals surface area contributed by atoms with Crippen LogP contribution in [0.3, 0.4) is 0 Å². The van der Waals surface area contributed by atoms with E-state index in [-0.39, 0.29) is 43.4 Å². The number of unbranched alkanes of at least 4 members (excludes halogenated alkanes) is 4. The molecule has 0 rings (SSSR count). The monoisotopic (exact) mass is 372 g/mol. The SMILES string of the molecule is CCCCC/C=C/CCC[N+](CCC(=O)O)(CCC(=O)O)CCC(=O)O. The number of nitrogens with zero attached hydrogens (tertiary/aromatic N) is 1. The van der Waals surface area contributed by atoms with Crippen LogP contribution in [0.1, 0.15) is 64.7 Å². The summed E-state index contributed by atoms with van der Waals surface area (Å²) in [5.41, 5.74) is 0. The summed E-state index contributed by atoms with van der Waals surface area (Å²) in [4.78, 5) is 32.9. The third-order valence-electron chi connectivity index (χ3n) is 4.54. The van der Waals surface area contributed by atoms with Crippen LogP contribution in [-0.4, -0.2) is 63.9 Å². The van der Waals surface area contributed by atoms with Gasteiger partial charge in [0.1, 0.15) is 0 Å². The summed E-state index contributed by atoms with van der Waals surface area (Å²) in [5.74, 6) is -2.85. The fourth-order valence-electron chi connectivity index (χ4n) is 2.96. The maximum atomic E-state index is 11.0. The van der Waals surface area contributed by atoms with Gasteiger partial charge in [0.25, 0.3) is 0 Å². The fraction of sp³-hybridized carbons (Fsp3) is 0.737. The second-order valence-electron chi connectivity index (χ2n) is 6.78. The lowest BCUT2D eigenvalue weighted by Crippen LogP contribution is -2.52. The molecule has 0 amide bonds. The van der Waals surface area contributed by atoms with E-state index in [4.69, 9.17) is 15.3 Å². The van der Waals surface area contributed by atoms with Crippen molar-refractivity contribution in [2.45, 2.75) is 64.7 Å². The van der Waals surface area contributed by atoms with Crippen LogP contribution >= 0.6 is 0 Å². The first-order chi connectivity index (χ1) is 12.3. The van der Waals surface area contributed by atoms with Crippen molar-refractivity contribution in [1.29, 1.82) is 0 Å². The largest absolute Gasteiger partial charge is 0.481 e. The van der Waals surface area contributed by atoms with E-state index in [1.165, 1.54) is 19.3 Å². The highest BCUT2D eigenvalue weighted by Crippen LogP contribution is 2.15. The van der Waals surface area contributed by atoms with Gasteiger partial charge in [-0.15, -0.1) is 0 Å². The average molecular weight is 372 g/mol. The first kappa shape index (κ1) is 24.1. The Bertz CT molecular complexity index is 415. The van der Waals surface area contributed by atoms with Gasteiger partial charge in [0.2, 0.25) is 0 Å². The number of allylic oxidation sites excluding steroid dienone is 2. The highest BCUT2D eigenvalue weighted by atomic mass is 16.4. The fourth-order valence-corrected chi connectivity index (χ4v) is 2.96. The second kappa shape index (κ2) is 14.3. The number of aliphatic carboxylic acids is 3. The van der Waals surface area contributed by atoms with E-state index in [1.54, 1.807) is 0 Å². The number of hydrogen-bond donors (Lipinski definition) is 3. The Morgan fingerprint density at radius 1 is 0.692 bits per heavy atom. The van der Waals surface area contributed by atoms with Crippen LogP contribution in [0.15, 0.2) is 12.2 Å². The van der Waals surface area contributed by atoms with Crippen molar-refractivity contribution in [1.82, 2.24) is 0 Å². The number of quaternary nitrogens is 1. The van der Waals surface area contributed by atoms with Crippen LogP contribution in [0.2, 0.25) is 0 Å². The molecule has 3 N–H and O–H groups in total. The van der Waals surface area contributed by atoms with Crippen molar-refractivity contribution in [3.8, 4) is 0 Å². The summed E-state index contributed by atoms with van der Waals surface area (Å²) in [6.07, 6.45) is 10.2. The van der Waals surface area contributed by atoms with Crippen LogP contribution in [0.25, 0.3) is 0 Å². The normalized spacial score (nSPS) is 11.7. The molecule has 26 heavy (non-hydrogen) atoms. The highest BCUT2D eigenvalue weighted by Gasteiger charge is 2.29. The maximum absolute atomic E-state index is 11.0. The Morgan fingerprint density at radius 3 is 1.50 bits per heavy atom. The molecule has 0 heterocycles. The van der Waals surface area contributed by atoms with Gasteiger partial charge in [0.15, 0.2) is 0 Å².